The summed E-state index contributed by atoms with van der Waals surface area (Å²) in [5.74, 6) is -0.106. The van der Waals surface area contributed by atoms with Gasteiger partial charge in [0.15, 0.2) is 0 Å². The number of pyridine rings is 1. The Morgan fingerprint density at radius 1 is 1.00 bits per heavy atom. The molecule has 1 amide bonds. The number of hydrogen-bond donors (Lipinski definition) is 1. The maximum atomic E-state index is 12.9. The van der Waals surface area contributed by atoms with Crippen LogP contribution in [0, 0.1) is 0 Å². The standard InChI is InChI=1S/C22H24N4O3/c1-2-17-5-7-18(8-6-17)15-25(16-19-4-3-12-23-14-19)21(28)11-13-26-22(29)10-9-20(27)24-26/h3-10,12,14H,2,11,13,15-16H2,1H3,(H,24,27). The lowest BCUT2D eigenvalue weighted by atomic mass is 10.1. The second-order valence-electron chi connectivity index (χ2n) is 6.83. The first-order valence-corrected chi connectivity index (χ1v) is 9.60. The zero-order valence-electron chi connectivity index (χ0n) is 16.4. The van der Waals surface area contributed by atoms with Crippen molar-refractivity contribution in [3.05, 3.63) is 98.3 Å². The lowest BCUT2D eigenvalue weighted by Gasteiger charge is -2.23. The minimum absolute atomic E-state index is 0.104. The van der Waals surface area contributed by atoms with Crippen molar-refractivity contribution in [1.82, 2.24) is 19.7 Å². The Morgan fingerprint density at radius 2 is 1.72 bits per heavy atom. The molecule has 150 valence electrons. The Bertz CT molecular complexity index is 1060. The lowest BCUT2D eigenvalue weighted by molar-refractivity contribution is -0.132. The van der Waals surface area contributed by atoms with Crippen LogP contribution in [0.1, 0.15) is 30.0 Å². The number of nitrogens with one attached hydrogen (secondary N) is 1. The molecule has 0 fully saturated rings. The molecule has 29 heavy (non-hydrogen) atoms. The van der Waals surface area contributed by atoms with Crippen LogP contribution in [0.15, 0.2) is 70.5 Å². The summed E-state index contributed by atoms with van der Waals surface area (Å²) in [5, 5.41) is 2.45. The molecule has 0 radical (unpaired) electrons. The van der Waals surface area contributed by atoms with Crippen LogP contribution < -0.4 is 11.1 Å². The maximum Gasteiger partial charge on any atom is 0.265 e. The highest BCUT2D eigenvalue weighted by atomic mass is 16.2. The van der Waals surface area contributed by atoms with Crippen LogP contribution in [0.25, 0.3) is 0 Å². The van der Waals surface area contributed by atoms with Crippen molar-refractivity contribution in [2.24, 2.45) is 0 Å². The number of benzene rings is 1. The zero-order chi connectivity index (χ0) is 20.6. The molecule has 3 rings (SSSR count). The second-order valence-corrected chi connectivity index (χ2v) is 6.83. The molecule has 1 N–H and O–H groups in total. The first kappa shape index (κ1) is 20.3. The summed E-state index contributed by atoms with van der Waals surface area (Å²) < 4.78 is 1.17. The molecule has 0 spiro atoms. The molecule has 2 heterocycles. The van der Waals surface area contributed by atoms with Crippen LogP contribution >= 0.6 is 0 Å². The quantitative estimate of drug-likeness (QED) is 0.636. The molecule has 0 saturated carbocycles. The molecule has 0 aliphatic rings. The van der Waals surface area contributed by atoms with E-state index in [1.54, 1.807) is 17.3 Å². The smallest absolute Gasteiger partial charge is 0.265 e. The Hall–Kier alpha value is -3.48. The molecule has 0 unspecified atom stereocenters. The summed E-state index contributed by atoms with van der Waals surface area (Å²) >= 11 is 0. The number of carbonyl (C=O) groups excluding carboxylic acids is 1. The minimum Gasteiger partial charge on any atom is -0.334 e. The van der Waals surface area contributed by atoms with Gasteiger partial charge in [-0.05, 0) is 29.2 Å². The van der Waals surface area contributed by atoms with Gasteiger partial charge in [0.2, 0.25) is 5.91 Å². The number of amides is 1. The molecule has 2 aromatic heterocycles. The van der Waals surface area contributed by atoms with Gasteiger partial charge in [-0.15, -0.1) is 0 Å². The number of carbonyl (C=O) groups is 1. The van der Waals surface area contributed by atoms with Gasteiger partial charge in [0, 0.05) is 44.0 Å². The molecule has 0 aliphatic heterocycles. The average molecular weight is 392 g/mol. The van der Waals surface area contributed by atoms with Crippen LogP contribution in [0.5, 0.6) is 0 Å². The number of H-pyrrole nitrogens is 1. The monoisotopic (exact) mass is 392 g/mol. The first-order valence-electron chi connectivity index (χ1n) is 9.60. The van der Waals surface area contributed by atoms with Crippen molar-refractivity contribution in [2.75, 3.05) is 0 Å². The van der Waals surface area contributed by atoms with Gasteiger partial charge in [0.1, 0.15) is 0 Å². The van der Waals surface area contributed by atoms with Gasteiger partial charge in [0.05, 0.1) is 6.54 Å². The molecule has 0 saturated heterocycles. The average Bonchev–Trinajstić information content (AvgIpc) is 2.75. The van der Waals surface area contributed by atoms with Gasteiger partial charge >= 0.3 is 0 Å². The van der Waals surface area contributed by atoms with E-state index in [4.69, 9.17) is 0 Å². The third-order valence-electron chi connectivity index (χ3n) is 4.69. The van der Waals surface area contributed by atoms with Crippen LogP contribution in [0.4, 0.5) is 0 Å². The van der Waals surface area contributed by atoms with Crippen molar-refractivity contribution in [3.8, 4) is 0 Å². The maximum absolute atomic E-state index is 12.9. The van der Waals surface area contributed by atoms with Gasteiger partial charge < -0.3 is 4.90 Å². The molecule has 0 atom stereocenters. The molecular weight excluding hydrogens is 368 g/mol. The summed E-state index contributed by atoms with van der Waals surface area (Å²) in [6.07, 6.45) is 4.49. The van der Waals surface area contributed by atoms with E-state index in [1.807, 2.05) is 24.3 Å². The van der Waals surface area contributed by atoms with Crippen molar-refractivity contribution in [2.45, 2.75) is 39.4 Å². The van der Waals surface area contributed by atoms with Crippen molar-refractivity contribution in [1.29, 1.82) is 0 Å². The van der Waals surface area contributed by atoms with Crippen LogP contribution in [-0.2, 0) is 30.8 Å². The fourth-order valence-corrected chi connectivity index (χ4v) is 3.04. The highest BCUT2D eigenvalue weighted by molar-refractivity contribution is 5.76. The van der Waals surface area contributed by atoms with Crippen molar-refractivity contribution < 1.29 is 4.79 Å². The van der Waals surface area contributed by atoms with E-state index in [0.29, 0.717) is 13.1 Å². The minimum atomic E-state index is -0.375. The Balaban J connectivity index is 1.75. The number of aromatic amines is 1. The third-order valence-corrected chi connectivity index (χ3v) is 4.69. The van der Waals surface area contributed by atoms with E-state index in [1.165, 1.54) is 22.4 Å². The van der Waals surface area contributed by atoms with E-state index in [-0.39, 0.29) is 30.0 Å². The Labute approximate surface area is 168 Å². The molecule has 0 aliphatic carbocycles. The van der Waals surface area contributed by atoms with Crippen LogP contribution in [-0.4, -0.2) is 25.6 Å². The van der Waals surface area contributed by atoms with Gasteiger partial charge in [-0.25, -0.2) is 4.68 Å². The first-order chi connectivity index (χ1) is 14.0. The number of aromatic nitrogens is 3. The predicted octanol–water partition coefficient (Wildman–Crippen LogP) is 2.11. The van der Waals surface area contributed by atoms with Gasteiger partial charge in [-0.1, -0.05) is 37.3 Å². The normalized spacial score (nSPS) is 10.7. The third kappa shape index (κ3) is 5.75. The topological polar surface area (TPSA) is 88.1 Å². The second kappa shape index (κ2) is 9.64. The van der Waals surface area contributed by atoms with E-state index in [9.17, 15) is 14.4 Å². The zero-order valence-corrected chi connectivity index (χ0v) is 16.4. The van der Waals surface area contributed by atoms with E-state index in [0.717, 1.165) is 17.5 Å². The van der Waals surface area contributed by atoms with E-state index >= 15 is 0 Å². The van der Waals surface area contributed by atoms with E-state index in [2.05, 4.69) is 29.1 Å². The molecule has 0 bridgehead atoms. The largest absolute Gasteiger partial charge is 0.334 e. The summed E-state index contributed by atoms with van der Waals surface area (Å²) in [6.45, 7) is 3.09. The Morgan fingerprint density at radius 3 is 2.41 bits per heavy atom. The summed E-state index contributed by atoms with van der Waals surface area (Å²) in [5.41, 5.74) is 2.49. The number of rotatable bonds is 8. The molecular formula is C22H24N4O3. The number of hydrogen-bond acceptors (Lipinski definition) is 4. The molecule has 3 aromatic rings. The summed E-state index contributed by atoms with van der Waals surface area (Å²) in [6, 6.07) is 14.3. The van der Waals surface area contributed by atoms with Crippen molar-refractivity contribution >= 4 is 5.91 Å². The van der Waals surface area contributed by atoms with Gasteiger partial charge in [-0.3, -0.25) is 24.5 Å². The Kier molecular flexibility index (Phi) is 6.73. The van der Waals surface area contributed by atoms with Gasteiger partial charge in [-0.2, -0.15) is 0 Å². The highest BCUT2D eigenvalue weighted by Gasteiger charge is 2.15. The molecule has 1 aromatic carbocycles. The van der Waals surface area contributed by atoms with Crippen LogP contribution in [0.3, 0.4) is 0 Å². The molecule has 7 heteroatoms. The van der Waals surface area contributed by atoms with Crippen LogP contribution in [0.2, 0.25) is 0 Å². The predicted molar refractivity (Wildman–Crippen MR) is 110 cm³/mol. The van der Waals surface area contributed by atoms with Crippen molar-refractivity contribution in [3.63, 3.8) is 0 Å². The summed E-state index contributed by atoms with van der Waals surface area (Å²) in [7, 11) is 0. The summed E-state index contributed by atoms with van der Waals surface area (Å²) in [4.78, 5) is 42.1. The number of aryl methyl sites for hydroxylation is 2. The van der Waals surface area contributed by atoms with Gasteiger partial charge in [0.25, 0.3) is 11.1 Å². The molecule has 7 nitrogen and oxygen atoms in total. The fraction of sp³-hybridized carbons (Fsp3) is 0.273. The fourth-order valence-electron chi connectivity index (χ4n) is 3.04. The highest BCUT2D eigenvalue weighted by Crippen LogP contribution is 2.13. The number of nitrogens with zero attached hydrogens (tertiary/aromatic N) is 3. The SMILES string of the molecule is CCc1ccc(CN(Cc2cccnc2)C(=O)CCn2[nH]c(=O)ccc2=O)cc1. The lowest BCUT2D eigenvalue weighted by Crippen LogP contribution is -2.33. The van der Waals surface area contributed by atoms with E-state index < -0.39 is 0 Å².